The van der Waals surface area contributed by atoms with Crippen LogP contribution in [0.3, 0.4) is 0 Å². The first-order valence-electron chi connectivity index (χ1n) is 5.57. The highest BCUT2D eigenvalue weighted by atomic mass is 32.2. The van der Waals surface area contributed by atoms with Crippen LogP contribution in [0.25, 0.3) is 0 Å². The van der Waals surface area contributed by atoms with Crippen molar-refractivity contribution in [3.05, 3.63) is 46.0 Å². The van der Waals surface area contributed by atoms with Crippen LogP contribution >= 0.6 is 11.8 Å². The molecule has 0 saturated heterocycles. The van der Waals surface area contributed by atoms with Gasteiger partial charge in [-0.3, -0.25) is 4.79 Å². The van der Waals surface area contributed by atoms with Crippen molar-refractivity contribution in [1.82, 2.24) is 15.3 Å². The Labute approximate surface area is 113 Å². The van der Waals surface area contributed by atoms with E-state index in [9.17, 15) is 9.18 Å². The van der Waals surface area contributed by atoms with E-state index in [1.165, 1.54) is 23.9 Å². The summed E-state index contributed by atoms with van der Waals surface area (Å²) in [7, 11) is 1.74. The van der Waals surface area contributed by atoms with Gasteiger partial charge in [0.1, 0.15) is 11.6 Å². The van der Waals surface area contributed by atoms with Gasteiger partial charge in [-0.2, -0.15) is 0 Å². The number of aromatic nitrogens is 2. The Bertz CT molecular complexity index is 644. The molecule has 0 fully saturated rings. The molecule has 0 spiro atoms. The van der Waals surface area contributed by atoms with Crippen LogP contribution in [0.4, 0.5) is 10.2 Å². The Hall–Kier alpha value is -1.86. The second kappa shape index (κ2) is 5.85. The highest BCUT2D eigenvalue weighted by molar-refractivity contribution is 7.99. The van der Waals surface area contributed by atoms with Crippen molar-refractivity contribution in [3.8, 4) is 0 Å². The Morgan fingerprint density at radius 1 is 1.53 bits per heavy atom. The minimum absolute atomic E-state index is 0.137. The van der Waals surface area contributed by atoms with E-state index in [2.05, 4.69) is 15.3 Å². The Balaban J connectivity index is 2.37. The van der Waals surface area contributed by atoms with E-state index in [4.69, 9.17) is 5.73 Å². The zero-order valence-electron chi connectivity index (χ0n) is 10.2. The van der Waals surface area contributed by atoms with Crippen LogP contribution in [0.5, 0.6) is 0 Å². The minimum atomic E-state index is -0.332. The number of hydrogen-bond acceptors (Lipinski definition) is 5. The molecule has 0 amide bonds. The maximum atomic E-state index is 13.7. The molecule has 100 valence electrons. The summed E-state index contributed by atoms with van der Waals surface area (Å²) in [4.78, 5) is 18.5. The van der Waals surface area contributed by atoms with Crippen molar-refractivity contribution in [3.63, 3.8) is 0 Å². The number of nitrogens with one attached hydrogen (secondary N) is 2. The van der Waals surface area contributed by atoms with E-state index < -0.39 is 0 Å². The number of nitrogens with two attached hydrogens (primary N) is 1. The van der Waals surface area contributed by atoms with Crippen LogP contribution in [-0.4, -0.2) is 17.0 Å². The number of halogens is 1. The number of aromatic amines is 1. The summed E-state index contributed by atoms with van der Waals surface area (Å²) in [5.74, 6) is -0.164. The van der Waals surface area contributed by atoms with E-state index in [1.807, 2.05) is 0 Å². The van der Waals surface area contributed by atoms with Crippen molar-refractivity contribution >= 4 is 17.6 Å². The predicted octanol–water partition coefficient (Wildman–Crippen LogP) is 1.36. The standard InChI is InChI=1S/C12H13FN4OS/c1-15-6-7-8(13)3-2-4-9(7)19-12-16-10(14)5-11(18)17-12/h2-5,15H,6H2,1H3,(H3,14,16,17,18). The molecule has 0 saturated carbocycles. The summed E-state index contributed by atoms with van der Waals surface area (Å²) in [6.07, 6.45) is 0. The fourth-order valence-electron chi connectivity index (χ4n) is 1.59. The van der Waals surface area contributed by atoms with Gasteiger partial charge in [0.05, 0.1) is 0 Å². The van der Waals surface area contributed by atoms with Crippen molar-refractivity contribution in [2.75, 3.05) is 12.8 Å². The lowest BCUT2D eigenvalue weighted by molar-refractivity contribution is 0.593. The topological polar surface area (TPSA) is 83.8 Å². The van der Waals surface area contributed by atoms with Gasteiger partial charge in [0.2, 0.25) is 0 Å². The number of benzene rings is 1. The molecule has 1 aromatic heterocycles. The number of nitrogens with zero attached hydrogens (tertiary/aromatic N) is 1. The lowest BCUT2D eigenvalue weighted by Gasteiger charge is -2.09. The quantitative estimate of drug-likeness (QED) is 0.737. The van der Waals surface area contributed by atoms with Gasteiger partial charge in [0.25, 0.3) is 5.56 Å². The number of hydrogen-bond donors (Lipinski definition) is 3. The van der Waals surface area contributed by atoms with Crippen LogP contribution in [0.15, 0.2) is 39.1 Å². The van der Waals surface area contributed by atoms with Gasteiger partial charge in [0, 0.05) is 23.1 Å². The van der Waals surface area contributed by atoms with Gasteiger partial charge in [0.15, 0.2) is 5.16 Å². The molecular formula is C12H13FN4OS. The van der Waals surface area contributed by atoms with Crippen molar-refractivity contribution in [2.24, 2.45) is 0 Å². The van der Waals surface area contributed by atoms with Crippen LogP contribution < -0.4 is 16.6 Å². The third-order valence-corrected chi connectivity index (χ3v) is 3.36. The SMILES string of the molecule is CNCc1c(F)cccc1Sc1nc(N)cc(=O)[nH]1. The molecule has 0 unspecified atom stereocenters. The maximum Gasteiger partial charge on any atom is 0.253 e. The largest absolute Gasteiger partial charge is 0.383 e. The first kappa shape index (κ1) is 13.6. The Morgan fingerprint density at radius 3 is 3.00 bits per heavy atom. The monoisotopic (exact) mass is 280 g/mol. The molecule has 1 heterocycles. The van der Waals surface area contributed by atoms with Gasteiger partial charge >= 0.3 is 0 Å². The van der Waals surface area contributed by atoms with Crippen LogP contribution in [0.1, 0.15) is 5.56 Å². The third-order valence-electron chi connectivity index (χ3n) is 2.38. The molecule has 0 radical (unpaired) electrons. The molecule has 5 nitrogen and oxygen atoms in total. The number of anilines is 1. The summed E-state index contributed by atoms with van der Waals surface area (Å²) in [5, 5.41) is 3.24. The highest BCUT2D eigenvalue weighted by Crippen LogP contribution is 2.29. The maximum absolute atomic E-state index is 13.7. The first-order chi connectivity index (χ1) is 9.10. The van der Waals surface area contributed by atoms with E-state index in [0.29, 0.717) is 22.2 Å². The minimum Gasteiger partial charge on any atom is -0.383 e. The van der Waals surface area contributed by atoms with Crippen LogP contribution in [0.2, 0.25) is 0 Å². The number of rotatable bonds is 4. The molecule has 0 atom stereocenters. The van der Waals surface area contributed by atoms with Crippen molar-refractivity contribution < 1.29 is 4.39 Å². The molecule has 0 aliphatic carbocycles. The fourth-order valence-corrected chi connectivity index (χ4v) is 2.54. The summed E-state index contributed by atoms with van der Waals surface area (Å²) >= 11 is 1.17. The average molecular weight is 280 g/mol. The molecule has 19 heavy (non-hydrogen) atoms. The molecule has 4 N–H and O–H groups in total. The smallest absolute Gasteiger partial charge is 0.253 e. The van der Waals surface area contributed by atoms with Gasteiger partial charge in [-0.15, -0.1) is 0 Å². The van der Waals surface area contributed by atoms with Crippen LogP contribution in [0, 0.1) is 5.82 Å². The molecule has 0 bridgehead atoms. The van der Waals surface area contributed by atoms with Crippen LogP contribution in [-0.2, 0) is 6.54 Å². The summed E-state index contributed by atoms with van der Waals surface area (Å²) in [5.41, 5.74) is 5.70. The fraction of sp³-hybridized carbons (Fsp3) is 0.167. The summed E-state index contributed by atoms with van der Waals surface area (Å²) < 4.78 is 13.7. The first-order valence-corrected chi connectivity index (χ1v) is 6.38. The van der Waals surface area contributed by atoms with E-state index >= 15 is 0 Å². The van der Waals surface area contributed by atoms with Gasteiger partial charge in [-0.25, -0.2) is 9.37 Å². The second-order valence-corrected chi connectivity index (χ2v) is 4.85. The molecule has 0 aliphatic rings. The zero-order valence-corrected chi connectivity index (χ0v) is 11.1. The summed E-state index contributed by atoms with van der Waals surface area (Å²) in [6.45, 7) is 0.390. The van der Waals surface area contributed by atoms with E-state index in [-0.39, 0.29) is 17.2 Å². The van der Waals surface area contributed by atoms with Gasteiger partial charge in [-0.1, -0.05) is 17.8 Å². The average Bonchev–Trinajstić information content (AvgIpc) is 2.32. The predicted molar refractivity (Wildman–Crippen MR) is 72.6 cm³/mol. The number of H-pyrrole nitrogens is 1. The van der Waals surface area contributed by atoms with E-state index in [0.717, 1.165) is 0 Å². The van der Waals surface area contributed by atoms with Gasteiger partial charge < -0.3 is 16.0 Å². The lowest BCUT2D eigenvalue weighted by atomic mass is 10.2. The third kappa shape index (κ3) is 3.33. The van der Waals surface area contributed by atoms with E-state index in [1.54, 1.807) is 19.2 Å². The van der Waals surface area contributed by atoms with Gasteiger partial charge in [-0.05, 0) is 19.2 Å². The molecule has 1 aromatic carbocycles. The number of nitrogen functional groups attached to an aromatic ring is 1. The molecular weight excluding hydrogens is 267 g/mol. The van der Waals surface area contributed by atoms with Crippen molar-refractivity contribution in [1.29, 1.82) is 0 Å². The van der Waals surface area contributed by atoms with Crippen molar-refractivity contribution in [2.45, 2.75) is 16.6 Å². The Kier molecular flexibility index (Phi) is 4.18. The molecule has 2 aromatic rings. The zero-order chi connectivity index (χ0) is 13.8. The Morgan fingerprint density at radius 2 is 2.32 bits per heavy atom. The second-order valence-electron chi connectivity index (χ2n) is 3.82. The summed E-state index contributed by atoms with van der Waals surface area (Å²) in [6, 6.07) is 5.97. The molecule has 7 heteroatoms. The lowest BCUT2D eigenvalue weighted by Crippen LogP contribution is -2.10. The normalized spacial score (nSPS) is 10.6. The molecule has 2 rings (SSSR count). The molecule has 0 aliphatic heterocycles. The highest BCUT2D eigenvalue weighted by Gasteiger charge is 2.10.